The van der Waals surface area contributed by atoms with Gasteiger partial charge in [0, 0.05) is 50.6 Å². The van der Waals surface area contributed by atoms with Gasteiger partial charge in [0.25, 0.3) is 6.71 Å². The van der Waals surface area contributed by atoms with Crippen LogP contribution in [-0.2, 0) is 10.8 Å². The van der Waals surface area contributed by atoms with Crippen molar-refractivity contribution in [3.63, 3.8) is 0 Å². The summed E-state index contributed by atoms with van der Waals surface area (Å²) in [6.45, 7) is 12.8. The van der Waals surface area contributed by atoms with Gasteiger partial charge in [-0.25, -0.2) is 0 Å². The third-order valence-corrected chi connectivity index (χ3v) is 15.4. The molecular weight excluding hydrogens is 617 g/mol. The molecule has 4 aliphatic heterocycles. The van der Waals surface area contributed by atoms with Crippen LogP contribution in [0.1, 0.15) is 95.8 Å². The molecule has 4 heteroatoms. The van der Waals surface area contributed by atoms with Gasteiger partial charge in [0.05, 0.1) is 11.1 Å². The quantitative estimate of drug-likeness (QED) is 0.171. The lowest BCUT2D eigenvalue weighted by Gasteiger charge is -2.53. The Balaban J connectivity index is 1.27. The molecule has 51 heavy (non-hydrogen) atoms. The first-order valence-electron chi connectivity index (χ1n) is 19.7. The summed E-state index contributed by atoms with van der Waals surface area (Å²) in [5, 5.41) is 0. The van der Waals surface area contributed by atoms with Crippen molar-refractivity contribution in [1.82, 2.24) is 0 Å². The van der Waals surface area contributed by atoms with E-state index in [4.69, 9.17) is 0 Å². The molecule has 254 valence electrons. The Morgan fingerprint density at radius 3 is 1.94 bits per heavy atom. The first-order valence-corrected chi connectivity index (χ1v) is 19.7. The lowest BCUT2D eigenvalue weighted by molar-refractivity contribution is 0.194. The highest BCUT2D eigenvalue weighted by Crippen LogP contribution is 2.64. The summed E-state index contributed by atoms with van der Waals surface area (Å²) in [6, 6.07) is 40.3. The summed E-state index contributed by atoms with van der Waals surface area (Å²) >= 11 is 0. The largest absolute Gasteiger partial charge is 0.335 e. The molecule has 4 heterocycles. The van der Waals surface area contributed by atoms with E-state index in [1.54, 1.807) is 5.56 Å². The summed E-state index contributed by atoms with van der Waals surface area (Å²) < 4.78 is 0. The minimum Gasteiger partial charge on any atom is -0.335 e. The highest BCUT2D eigenvalue weighted by molar-refractivity contribution is 7.00. The van der Waals surface area contributed by atoms with Crippen molar-refractivity contribution in [1.29, 1.82) is 0 Å². The van der Waals surface area contributed by atoms with Gasteiger partial charge in [0.2, 0.25) is 0 Å². The molecule has 11 rings (SSSR count). The van der Waals surface area contributed by atoms with E-state index in [-0.39, 0.29) is 28.6 Å². The van der Waals surface area contributed by atoms with Gasteiger partial charge < -0.3 is 14.7 Å². The summed E-state index contributed by atoms with van der Waals surface area (Å²) in [4.78, 5) is 8.30. The van der Waals surface area contributed by atoms with Gasteiger partial charge in [-0.05, 0) is 110 Å². The molecule has 5 aromatic rings. The maximum absolute atomic E-state index is 2.89. The second-order valence-corrected chi connectivity index (χ2v) is 17.6. The predicted molar refractivity (Wildman–Crippen MR) is 216 cm³/mol. The monoisotopic (exact) mass is 665 g/mol. The highest BCUT2D eigenvalue weighted by Gasteiger charge is 2.62. The van der Waals surface area contributed by atoms with E-state index < -0.39 is 0 Å². The summed E-state index contributed by atoms with van der Waals surface area (Å²) in [6.07, 6.45) is 10.0. The van der Waals surface area contributed by atoms with Crippen LogP contribution in [0.2, 0.25) is 0 Å². The van der Waals surface area contributed by atoms with Crippen LogP contribution in [0.25, 0.3) is 0 Å². The number of aryl methyl sites for hydroxylation is 1. The van der Waals surface area contributed by atoms with Gasteiger partial charge in [-0.15, -0.1) is 0 Å². The number of hydrogen-bond donors (Lipinski definition) is 0. The van der Waals surface area contributed by atoms with Crippen LogP contribution < -0.4 is 31.1 Å². The summed E-state index contributed by atoms with van der Waals surface area (Å²) in [5.74, 6) is 0. The molecule has 0 spiro atoms. The fourth-order valence-electron chi connectivity index (χ4n) is 12.5. The Kier molecular flexibility index (Phi) is 5.87. The second kappa shape index (κ2) is 9.91. The smallest absolute Gasteiger partial charge is 0.252 e. The van der Waals surface area contributed by atoms with E-state index in [0.717, 1.165) is 0 Å². The average Bonchev–Trinajstić information content (AvgIpc) is 3.49. The number of anilines is 7. The highest BCUT2D eigenvalue weighted by atomic mass is 15.3. The number of fused-ring (bicyclic) bond motifs is 10. The first kappa shape index (κ1) is 30.2. The Morgan fingerprint density at radius 2 is 1.16 bits per heavy atom. The van der Waals surface area contributed by atoms with Crippen molar-refractivity contribution < 1.29 is 0 Å². The zero-order valence-corrected chi connectivity index (χ0v) is 30.9. The number of para-hydroxylation sites is 3. The van der Waals surface area contributed by atoms with Crippen molar-refractivity contribution >= 4 is 62.9 Å². The zero-order chi connectivity index (χ0) is 34.5. The van der Waals surface area contributed by atoms with Gasteiger partial charge in [-0.2, -0.15) is 0 Å². The van der Waals surface area contributed by atoms with Crippen LogP contribution in [0.4, 0.5) is 39.8 Å². The Labute approximate surface area is 304 Å². The lowest BCUT2D eigenvalue weighted by Crippen LogP contribution is -2.64. The fourth-order valence-corrected chi connectivity index (χ4v) is 12.5. The average molecular weight is 666 g/mol. The maximum Gasteiger partial charge on any atom is 0.252 e. The normalized spacial score (nSPS) is 29.2. The van der Waals surface area contributed by atoms with Gasteiger partial charge in [0.15, 0.2) is 0 Å². The molecule has 0 radical (unpaired) electrons. The van der Waals surface area contributed by atoms with Gasteiger partial charge in [-0.3, -0.25) is 0 Å². The van der Waals surface area contributed by atoms with Crippen LogP contribution >= 0.6 is 0 Å². The number of benzene rings is 5. The molecule has 6 aliphatic rings. The molecule has 4 unspecified atom stereocenters. The summed E-state index contributed by atoms with van der Waals surface area (Å²) in [7, 11) is 0. The molecule has 0 amide bonds. The first-order chi connectivity index (χ1) is 24.7. The number of nitrogens with zero attached hydrogens (tertiary/aromatic N) is 3. The van der Waals surface area contributed by atoms with Crippen molar-refractivity contribution in [3.05, 3.63) is 120 Å². The second-order valence-electron chi connectivity index (χ2n) is 17.6. The lowest BCUT2D eigenvalue weighted by atomic mass is 9.33. The van der Waals surface area contributed by atoms with Crippen LogP contribution in [0, 0.1) is 6.92 Å². The van der Waals surface area contributed by atoms with E-state index in [0.29, 0.717) is 0 Å². The molecule has 2 saturated carbocycles. The maximum atomic E-state index is 2.89. The van der Waals surface area contributed by atoms with Crippen LogP contribution in [-0.4, -0.2) is 17.8 Å². The van der Waals surface area contributed by atoms with Crippen molar-refractivity contribution in [3.8, 4) is 0 Å². The Bertz CT molecular complexity index is 2300. The zero-order valence-electron chi connectivity index (χ0n) is 30.9. The third-order valence-electron chi connectivity index (χ3n) is 15.4. The fraction of sp³-hybridized carbons (Fsp3) is 0.362. The van der Waals surface area contributed by atoms with Gasteiger partial charge in [0.1, 0.15) is 0 Å². The Hall–Kier alpha value is -4.44. The predicted octanol–water partition coefficient (Wildman–Crippen LogP) is 10.1. The molecule has 0 bridgehead atoms. The number of hydrogen-bond acceptors (Lipinski definition) is 3. The molecule has 3 nitrogen and oxygen atoms in total. The molecule has 0 N–H and O–H groups in total. The van der Waals surface area contributed by atoms with E-state index >= 15 is 0 Å². The van der Waals surface area contributed by atoms with Crippen molar-refractivity contribution in [2.24, 2.45) is 0 Å². The third kappa shape index (κ3) is 3.48. The Morgan fingerprint density at radius 1 is 0.510 bits per heavy atom. The van der Waals surface area contributed by atoms with Crippen LogP contribution in [0.5, 0.6) is 0 Å². The topological polar surface area (TPSA) is 9.72 Å². The standard InChI is InChI=1S/C47H48BN3/c1-31-22-23-39-37(28-31)48-36-20-15-19-35-43(36)51(47(5)27-14-12-25-45(35,47)3)41-30-33(29-40(42(41)48)49(39)32-16-7-6-8-17-32)50-38-21-10-9-18-34(38)44(2)24-11-13-26-46(44,50)4/h6-10,15-23,28-30H,11-14,24-27H2,1-5H3. The van der Waals surface area contributed by atoms with Gasteiger partial charge >= 0.3 is 0 Å². The van der Waals surface area contributed by atoms with E-state index in [9.17, 15) is 0 Å². The molecule has 5 aromatic carbocycles. The SMILES string of the molecule is Cc1ccc2c(c1)B1c3cccc4c3N(c3cc(N5c6ccccc6C6(C)CCCCC56C)cc(c31)N2c1ccccc1)C1(C)CCCCC41C. The van der Waals surface area contributed by atoms with Crippen LogP contribution in [0.15, 0.2) is 103 Å². The minimum absolute atomic E-state index is 0.00230. The molecule has 2 fully saturated rings. The molecule has 0 saturated heterocycles. The van der Waals surface area contributed by atoms with Crippen LogP contribution in [0.3, 0.4) is 0 Å². The minimum atomic E-state index is -0.0114. The molecular formula is C47H48BN3. The number of rotatable bonds is 2. The summed E-state index contributed by atoms with van der Waals surface area (Å²) in [5.41, 5.74) is 18.5. The van der Waals surface area contributed by atoms with E-state index in [2.05, 4.69) is 152 Å². The molecule has 4 atom stereocenters. The van der Waals surface area contributed by atoms with E-state index in [1.165, 1.54) is 119 Å². The van der Waals surface area contributed by atoms with E-state index in [1.807, 2.05) is 0 Å². The van der Waals surface area contributed by atoms with Gasteiger partial charge in [-0.1, -0.05) is 112 Å². The van der Waals surface area contributed by atoms with Crippen molar-refractivity contribution in [2.75, 3.05) is 14.7 Å². The van der Waals surface area contributed by atoms with Crippen molar-refractivity contribution in [2.45, 2.75) is 108 Å². The molecule has 2 aliphatic carbocycles. The molecule has 0 aromatic heterocycles.